The fourth-order valence-electron chi connectivity index (χ4n) is 7.99. The summed E-state index contributed by atoms with van der Waals surface area (Å²) < 4.78 is 6.47. The molecule has 0 radical (unpaired) electrons. The highest BCUT2D eigenvalue weighted by molar-refractivity contribution is 6.18. The van der Waals surface area contributed by atoms with Crippen LogP contribution in [0.15, 0.2) is 192 Å². The molecule has 0 unspecified atom stereocenters. The molecular weight excluding hydrogens is 671 g/mol. The molecule has 0 bridgehead atoms. The van der Waals surface area contributed by atoms with Gasteiger partial charge in [-0.2, -0.15) is 0 Å². The average Bonchev–Trinajstić information content (AvgIpc) is 3.63. The Morgan fingerprint density at radius 1 is 0.291 bits per heavy atom. The molecule has 256 valence electrons. The van der Waals surface area contributed by atoms with Crippen molar-refractivity contribution in [1.29, 1.82) is 0 Å². The van der Waals surface area contributed by atoms with Gasteiger partial charge in [-0.15, -0.1) is 0 Å². The lowest BCUT2D eigenvalue weighted by Crippen LogP contribution is -2.01. The van der Waals surface area contributed by atoms with Gasteiger partial charge in [0.05, 0.1) is 0 Å². The van der Waals surface area contributed by atoms with Gasteiger partial charge in [0, 0.05) is 27.5 Å². The topological polar surface area (TPSA) is 51.8 Å². The fraction of sp³-hybridized carbons (Fsp3) is 0. The Kier molecular flexibility index (Phi) is 7.14. The van der Waals surface area contributed by atoms with E-state index in [1.165, 1.54) is 16.3 Å². The maximum Gasteiger partial charge on any atom is 0.164 e. The number of aromatic nitrogens is 3. The van der Waals surface area contributed by atoms with Crippen LogP contribution in [-0.2, 0) is 0 Å². The van der Waals surface area contributed by atoms with Crippen LogP contribution in [0.2, 0.25) is 0 Å². The smallest absolute Gasteiger partial charge is 0.164 e. The number of hydrogen-bond acceptors (Lipinski definition) is 4. The van der Waals surface area contributed by atoms with Gasteiger partial charge < -0.3 is 4.42 Å². The molecule has 0 N–H and O–H groups in total. The first-order valence-corrected chi connectivity index (χ1v) is 18.5. The highest BCUT2D eigenvalue weighted by atomic mass is 16.3. The molecule has 2 heterocycles. The summed E-state index contributed by atoms with van der Waals surface area (Å²) in [6.07, 6.45) is 0. The normalized spacial score (nSPS) is 11.6. The fourth-order valence-corrected chi connectivity index (χ4v) is 7.99. The molecule has 0 fully saturated rings. The predicted molar refractivity (Wildman–Crippen MR) is 227 cm³/mol. The summed E-state index contributed by atoms with van der Waals surface area (Å²) >= 11 is 0. The molecule has 11 aromatic rings. The van der Waals surface area contributed by atoms with E-state index in [0.717, 1.165) is 76.9 Å². The van der Waals surface area contributed by atoms with Gasteiger partial charge >= 0.3 is 0 Å². The van der Waals surface area contributed by atoms with Crippen molar-refractivity contribution in [3.63, 3.8) is 0 Å². The van der Waals surface area contributed by atoms with Crippen molar-refractivity contribution in [2.75, 3.05) is 0 Å². The largest absolute Gasteiger partial charge is 0.456 e. The van der Waals surface area contributed by atoms with E-state index in [2.05, 4.69) is 182 Å². The third-order valence-electron chi connectivity index (χ3n) is 10.7. The van der Waals surface area contributed by atoms with E-state index < -0.39 is 0 Å². The van der Waals surface area contributed by atoms with Crippen molar-refractivity contribution in [2.45, 2.75) is 0 Å². The van der Waals surface area contributed by atoms with Crippen molar-refractivity contribution in [2.24, 2.45) is 0 Å². The van der Waals surface area contributed by atoms with Crippen LogP contribution >= 0.6 is 0 Å². The van der Waals surface area contributed by atoms with Crippen LogP contribution in [-0.4, -0.2) is 15.0 Å². The van der Waals surface area contributed by atoms with Crippen LogP contribution in [0.4, 0.5) is 0 Å². The Morgan fingerprint density at radius 2 is 0.855 bits per heavy atom. The van der Waals surface area contributed by atoms with E-state index in [0.29, 0.717) is 17.5 Å². The molecule has 0 spiro atoms. The summed E-state index contributed by atoms with van der Waals surface area (Å²) in [6, 6.07) is 65.8. The molecule has 0 saturated heterocycles. The number of benzene rings is 9. The van der Waals surface area contributed by atoms with E-state index in [1.807, 2.05) is 6.07 Å². The van der Waals surface area contributed by atoms with E-state index in [9.17, 15) is 0 Å². The van der Waals surface area contributed by atoms with Gasteiger partial charge in [-0.3, -0.25) is 0 Å². The number of fused-ring (bicyclic) bond motifs is 6. The molecule has 0 amide bonds. The molecule has 0 aliphatic rings. The number of nitrogens with zero attached hydrogens (tertiary/aromatic N) is 3. The van der Waals surface area contributed by atoms with Gasteiger partial charge in [-0.25, -0.2) is 15.0 Å². The third-order valence-corrected chi connectivity index (χ3v) is 10.7. The van der Waals surface area contributed by atoms with E-state index >= 15 is 0 Å². The maximum atomic E-state index is 6.47. The van der Waals surface area contributed by atoms with Crippen LogP contribution in [0.25, 0.3) is 111 Å². The van der Waals surface area contributed by atoms with Gasteiger partial charge in [0.1, 0.15) is 11.2 Å². The summed E-state index contributed by atoms with van der Waals surface area (Å²) in [5.41, 5.74) is 9.14. The van der Waals surface area contributed by atoms with Crippen molar-refractivity contribution >= 4 is 54.3 Å². The van der Waals surface area contributed by atoms with Gasteiger partial charge in [0.25, 0.3) is 0 Å². The van der Waals surface area contributed by atoms with Crippen LogP contribution in [0.5, 0.6) is 0 Å². The second-order valence-electron chi connectivity index (χ2n) is 14.0. The Morgan fingerprint density at radius 3 is 1.64 bits per heavy atom. The van der Waals surface area contributed by atoms with Crippen LogP contribution in [0, 0.1) is 0 Å². The Hall–Kier alpha value is -7.43. The van der Waals surface area contributed by atoms with Gasteiger partial charge in [-0.05, 0) is 84.9 Å². The van der Waals surface area contributed by atoms with Gasteiger partial charge in [0.15, 0.2) is 17.5 Å². The molecule has 4 nitrogen and oxygen atoms in total. The molecule has 0 atom stereocenters. The minimum atomic E-state index is 0.626. The first kappa shape index (κ1) is 31.1. The summed E-state index contributed by atoms with van der Waals surface area (Å²) in [5, 5.41) is 9.07. The average molecular weight is 702 g/mol. The molecule has 55 heavy (non-hydrogen) atoms. The summed E-state index contributed by atoms with van der Waals surface area (Å²) in [7, 11) is 0. The number of furan rings is 1. The minimum Gasteiger partial charge on any atom is -0.456 e. The molecule has 4 heteroatoms. The van der Waals surface area contributed by atoms with Crippen LogP contribution in [0.3, 0.4) is 0 Å². The highest BCUT2D eigenvalue weighted by Gasteiger charge is 2.19. The SMILES string of the molecule is c1ccc(-c2ccc(-c3nc(-c4ccc5ccccc5c4)nc(-c4ccc(-c5cccc6oc7cc8ccccc8cc7c56)c5ccccc45)n3)cc2)cc1. The standard InChI is InChI=1S/C51H31N3O/c1-2-11-32(12-3-1)34-21-24-35(25-22-34)49-52-50(39-26-23-33-13-4-5-14-36(33)29-39)54-51(53-49)44-28-27-42(40-17-8-9-18-41(40)44)43-19-10-20-46-48(43)45-30-37-15-6-7-16-38(37)31-47(45)55-46/h1-31H. The monoisotopic (exact) mass is 701 g/mol. The zero-order valence-corrected chi connectivity index (χ0v) is 29.6. The second-order valence-corrected chi connectivity index (χ2v) is 14.0. The van der Waals surface area contributed by atoms with Crippen molar-refractivity contribution in [3.05, 3.63) is 188 Å². The molecule has 0 aliphatic carbocycles. The van der Waals surface area contributed by atoms with E-state index in [4.69, 9.17) is 19.4 Å². The minimum absolute atomic E-state index is 0.626. The van der Waals surface area contributed by atoms with E-state index in [1.54, 1.807) is 0 Å². The molecular formula is C51H31N3O. The second kappa shape index (κ2) is 12.6. The maximum absolute atomic E-state index is 6.47. The summed E-state index contributed by atoms with van der Waals surface area (Å²) in [5.74, 6) is 1.89. The van der Waals surface area contributed by atoms with Gasteiger partial charge in [0.2, 0.25) is 0 Å². The first-order chi connectivity index (χ1) is 27.2. The zero-order chi connectivity index (χ0) is 36.3. The molecule has 9 aromatic carbocycles. The lowest BCUT2D eigenvalue weighted by molar-refractivity contribution is 0.669. The van der Waals surface area contributed by atoms with Crippen LogP contribution in [0.1, 0.15) is 0 Å². The van der Waals surface area contributed by atoms with Crippen molar-refractivity contribution in [3.8, 4) is 56.4 Å². The van der Waals surface area contributed by atoms with Crippen LogP contribution < -0.4 is 0 Å². The quantitative estimate of drug-likeness (QED) is 0.179. The molecule has 2 aromatic heterocycles. The number of rotatable bonds is 5. The highest BCUT2D eigenvalue weighted by Crippen LogP contribution is 2.42. The lowest BCUT2D eigenvalue weighted by atomic mass is 9.92. The zero-order valence-electron chi connectivity index (χ0n) is 29.6. The Labute approximate surface area is 317 Å². The lowest BCUT2D eigenvalue weighted by Gasteiger charge is -2.14. The van der Waals surface area contributed by atoms with Crippen molar-refractivity contribution in [1.82, 2.24) is 15.0 Å². The summed E-state index contributed by atoms with van der Waals surface area (Å²) in [4.78, 5) is 15.5. The summed E-state index contributed by atoms with van der Waals surface area (Å²) in [6.45, 7) is 0. The van der Waals surface area contributed by atoms with Gasteiger partial charge in [-0.1, -0.05) is 158 Å². The van der Waals surface area contributed by atoms with E-state index in [-0.39, 0.29) is 0 Å². The van der Waals surface area contributed by atoms with Crippen molar-refractivity contribution < 1.29 is 4.42 Å². The molecule has 0 saturated carbocycles. The first-order valence-electron chi connectivity index (χ1n) is 18.5. The number of hydrogen-bond donors (Lipinski definition) is 0. The molecule has 0 aliphatic heterocycles. The Bertz CT molecular complexity index is 3260. The predicted octanol–water partition coefficient (Wildman–Crippen LogP) is 13.6. The third kappa shape index (κ3) is 5.34. The Balaban J connectivity index is 1.10. The molecule has 11 rings (SSSR count).